The van der Waals surface area contributed by atoms with Crippen molar-refractivity contribution in [3.63, 3.8) is 0 Å². The second-order valence-electron chi connectivity index (χ2n) is 7.57. The highest BCUT2D eigenvalue weighted by Crippen LogP contribution is 2.30. The van der Waals surface area contributed by atoms with E-state index < -0.39 is 0 Å². The molecule has 0 saturated carbocycles. The first-order valence-electron chi connectivity index (χ1n) is 8.81. The maximum Gasteiger partial charge on any atom is 0.230 e. The van der Waals surface area contributed by atoms with Crippen LogP contribution < -0.4 is 4.90 Å². The zero-order valence-electron chi connectivity index (χ0n) is 15.2. The molecule has 0 unspecified atom stereocenters. The predicted molar refractivity (Wildman–Crippen MR) is 94.7 cm³/mol. The molecular weight excluding hydrogens is 332 g/mol. The molecule has 3 aromatic heterocycles. The molecule has 1 aliphatic heterocycles. The lowest BCUT2D eigenvalue weighted by Crippen LogP contribution is -2.33. The van der Waals surface area contributed by atoms with E-state index in [2.05, 4.69) is 50.8 Å². The number of piperidine rings is 1. The van der Waals surface area contributed by atoms with E-state index in [1.54, 1.807) is 24.9 Å². The standard InChI is InChI=1S/C18H22N6O2/c1-18(2,3)17-21-13(11-25-17)15-22-16(26-23-15)12-4-8-24(9-5-12)14-10-19-6-7-20-14/h6-7,10-12H,4-5,8-9H2,1-3H3. The molecule has 8 nitrogen and oxygen atoms in total. The lowest BCUT2D eigenvalue weighted by atomic mass is 9.97. The fourth-order valence-electron chi connectivity index (χ4n) is 3.04. The highest BCUT2D eigenvalue weighted by molar-refractivity contribution is 5.46. The van der Waals surface area contributed by atoms with Gasteiger partial charge in [0.15, 0.2) is 5.89 Å². The van der Waals surface area contributed by atoms with Crippen molar-refractivity contribution in [2.45, 2.75) is 44.9 Å². The van der Waals surface area contributed by atoms with Gasteiger partial charge >= 0.3 is 0 Å². The van der Waals surface area contributed by atoms with Crippen LogP contribution in [0, 0.1) is 0 Å². The van der Waals surface area contributed by atoms with Crippen molar-refractivity contribution in [2.75, 3.05) is 18.0 Å². The van der Waals surface area contributed by atoms with Crippen molar-refractivity contribution in [3.8, 4) is 11.5 Å². The molecule has 0 radical (unpaired) electrons. The van der Waals surface area contributed by atoms with Crippen LogP contribution in [0.5, 0.6) is 0 Å². The Hall–Kier alpha value is -2.77. The average molecular weight is 354 g/mol. The number of rotatable bonds is 3. The van der Waals surface area contributed by atoms with E-state index in [0.717, 1.165) is 31.7 Å². The van der Waals surface area contributed by atoms with Gasteiger partial charge in [-0.05, 0) is 12.8 Å². The molecule has 0 amide bonds. The van der Waals surface area contributed by atoms with Gasteiger partial charge in [0.25, 0.3) is 0 Å². The monoisotopic (exact) mass is 354 g/mol. The zero-order chi connectivity index (χ0) is 18.1. The van der Waals surface area contributed by atoms with Crippen LogP contribution in [0.3, 0.4) is 0 Å². The molecule has 0 N–H and O–H groups in total. The second-order valence-corrected chi connectivity index (χ2v) is 7.57. The third-order valence-corrected chi connectivity index (χ3v) is 4.53. The Morgan fingerprint density at radius 3 is 2.58 bits per heavy atom. The normalized spacial score (nSPS) is 16.2. The summed E-state index contributed by atoms with van der Waals surface area (Å²) in [5, 5.41) is 4.09. The van der Waals surface area contributed by atoms with E-state index >= 15 is 0 Å². The molecule has 4 rings (SSSR count). The van der Waals surface area contributed by atoms with Gasteiger partial charge in [-0.25, -0.2) is 9.97 Å². The molecule has 26 heavy (non-hydrogen) atoms. The van der Waals surface area contributed by atoms with Crippen LogP contribution in [0.2, 0.25) is 0 Å². The minimum absolute atomic E-state index is 0.155. The third-order valence-electron chi connectivity index (χ3n) is 4.53. The molecule has 136 valence electrons. The average Bonchev–Trinajstić information content (AvgIpc) is 3.32. The summed E-state index contributed by atoms with van der Waals surface area (Å²) in [6.07, 6.45) is 8.66. The summed E-state index contributed by atoms with van der Waals surface area (Å²) in [4.78, 5) is 19.8. The van der Waals surface area contributed by atoms with E-state index in [1.165, 1.54) is 0 Å². The van der Waals surface area contributed by atoms with Gasteiger partial charge in [0.05, 0.1) is 6.20 Å². The maximum absolute atomic E-state index is 5.55. The smallest absolute Gasteiger partial charge is 0.230 e. The van der Waals surface area contributed by atoms with Crippen molar-refractivity contribution < 1.29 is 8.94 Å². The molecular formula is C18H22N6O2. The van der Waals surface area contributed by atoms with E-state index in [9.17, 15) is 0 Å². The van der Waals surface area contributed by atoms with Gasteiger partial charge in [-0.2, -0.15) is 4.98 Å². The van der Waals surface area contributed by atoms with E-state index in [0.29, 0.717) is 23.3 Å². The third kappa shape index (κ3) is 3.31. The Morgan fingerprint density at radius 1 is 1.12 bits per heavy atom. The number of aromatic nitrogens is 5. The summed E-state index contributed by atoms with van der Waals surface area (Å²) in [6, 6.07) is 0. The summed E-state index contributed by atoms with van der Waals surface area (Å²) in [5.41, 5.74) is 0.458. The van der Waals surface area contributed by atoms with Crippen LogP contribution in [-0.4, -0.2) is 38.2 Å². The molecule has 0 spiro atoms. The second kappa shape index (κ2) is 6.51. The van der Waals surface area contributed by atoms with Crippen molar-refractivity contribution in [2.24, 2.45) is 0 Å². The Bertz CT molecular complexity index is 859. The van der Waals surface area contributed by atoms with Gasteiger partial charge in [-0.15, -0.1) is 0 Å². The van der Waals surface area contributed by atoms with Crippen LogP contribution in [0.25, 0.3) is 11.5 Å². The molecule has 3 aromatic rings. The highest BCUT2D eigenvalue weighted by atomic mass is 16.5. The Labute approximate surface area is 151 Å². The first-order valence-corrected chi connectivity index (χ1v) is 8.81. The molecule has 1 aliphatic rings. The SMILES string of the molecule is CC(C)(C)c1nc(-c2noc(C3CCN(c4cnccn4)CC3)n2)co1. The molecule has 1 fully saturated rings. The summed E-state index contributed by atoms with van der Waals surface area (Å²) >= 11 is 0. The summed E-state index contributed by atoms with van der Waals surface area (Å²) in [6.45, 7) is 7.93. The van der Waals surface area contributed by atoms with E-state index in [1.807, 2.05) is 0 Å². The molecule has 0 aliphatic carbocycles. The van der Waals surface area contributed by atoms with E-state index in [-0.39, 0.29) is 11.3 Å². The first-order chi connectivity index (χ1) is 12.5. The fourth-order valence-corrected chi connectivity index (χ4v) is 3.04. The highest BCUT2D eigenvalue weighted by Gasteiger charge is 2.27. The molecule has 0 bridgehead atoms. The van der Waals surface area contributed by atoms with Gasteiger partial charge in [-0.3, -0.25) is 4.98 Å². The molecule has 4 heterocycles. The predicted octanol–water partition coefficient (Wildman–Crippen LogP) is 3.20. The fraction of sp³-hybridized carbons (Fsp3) is 0.500. The topological polar surface area (TPSA) is 94.0 Å². The number of anilines is 1. The number of hydrogen-bond donors (Lipinski definition) is 0. The Balaban J connectivity index is 1.43. The van der Waals surface area contributed by atoms with Crippen molar-refractivity contribution in [3.05, 3.63) is 36.6 Å². The minimum atomic E-state index is -0.155. The van der Waals surface area contributed by atoms with Crippen molar-refractivity contribution in [1.82, 2.24) is 25.1 Å². The Kier molecular flexibility index (Phi) is 4.18. The van der Waals surface area contributed by atoms with E-state index in [4.69, 9.17) is 8.94 Å². The summed E-state index contributed by atoms with van der Waals surface area (Å²) < 4.78 is 11.1. The van der Waals surface area contributed by atoms with Crippen LogP contribution in [-0.2, 0) is 5.41 Å². The lowest BCUT2D eigenvalue weighted by Gasteiger charge is -2.30. The molecule has 1 saturated heterocycles. The van der Waals surface area contributed by atoms with Crippen LogP contribution >= 0.6 is 0 Å². The first kappa shape index (κ1) is 16.7. The number of hydrogen-bond acceptors (Lipinski definition) is 8. The zero-order valence-corrected chi connectivity index (χ0v) is 15.2. The lowest BCUT2D eigenvalue weighted by molar-refractivity contribution is 0.329. The van der Waals surface area contributed by atoms with Crippen LogP contribution in [0.1, 0.15) is 51.3 Å². The maximum atomic E-state index is 5.55. The van der Waals surface area contributed by atoms with Gasteiger partial charge in [0.1, 0.15) is 17.8 Å². The summed E-state index contributed by atoms with van der Waals surface area (Å²) in [7, 11) is 0. The van der Waals surface area contributed by atoms with Gasteiger partial charge < -0.3 is 13.8 Å². The quantitative estimate of drug-likeness (QED) is 0.708. The molecule has 8 heteroatoms. The molecule has 0 aromatic carbocycles. The van der Waals surface area contributed by atoms with Crippen molar-refractivity contribution >= 4 is 5.82 Å². The van der Waals surface area contributed by atoms with Crippen molar-refractivity contribution in [1.29, 1.82) is 0 Å². The van der Waals surface area contributed by atoms with Gasteiger partial charge in [0.2, 0.25) is 11.7 Å². The largest absolute Gasteiger partial charge is 0.448 e. The molecule has 0 atom stereocenters. The van der Waals surface area contributed by atoms with Gasteiger partial charge in [0, 0.05) is 36.8 Å². The number of nitrogens with zero attached hydrogens (tertiary/aromatic N) is 6. The van der Waals surface area contributed by atoms with Crippen LogP contribution in [0.4, 0.5) is 5.82 Å². The minimum Gasteiger partial charge on any atom is -0.448 e. The van der Waals surface area contributed by atoms with Gasteiger partial charge in [-0.1, -0.05) is 25.9 Å². The summed E-state index contributed by atoms with van der Waals surface area (Å²) in [5.74, 6) is 2.97. The van der Waals surface area contributed by atoms with Crippen LogP contribution in [0.15, 0.2) is 33.8 Å². The number of oxazole rings is 1. The Morgan fingerprint density at radius 2 is 1.92 bits per heavy atom.